The molecule has 2 atom stereocenters. The highest BCUT2D eigenvalue weighted by Crippen LogP contribution is 2.24. The predicted molar refractivity (Wildman–Crippen MR) is 71.4 cm³/mol. The molecule has 4 nitrogen and oxygen atoms in total. The van der Waals surface area contributed by atoms with Crippen LogP contribution in [-0.2, 0) is 0 Å². The second kappa shape index (κ2) is 5.68. The molecule has 0 radical (unpaired) electrons. The van der Waals surface area contributed by atoms with Crippen LogP contribution in [0.5, 0.6) is 0 Å². The molecule has 1 aliphatic carbocycles. The van der Waals surface area contributed by atoms with Crippen molar-refractivity contribution in [3.05, 3.63) is 29.2 Å². The lowest BCUT2D eigenvalue weighted by atomic mass is 10.0. The van der Waals surface area contributed by atoms with Gasteiger partial charge in [-0.3, -0.25) is 0 Å². The second-order valence-electron chi connectivity index (χ2n) is 3.61. The third-order valence-electron chi connectivity index (χ3n) is 2.34. The van der Waals surface area contributed by atoms with Crippen molar-refractivity contribution in [1.82, 2.24) is 4.98 Å². The lowest BCUT2D eigenvalue weighted by Crippen LogP contribution is -2.23. The lowest BCUT2D eigenvalue weighted by molar-refractivity contribution is 0.211. The smallest absolute Gasteiger partial charge is 0.185 e. The Morgan fingerprint density at radius 1 is 1.65 bits per heavy atom. The Morgan fingerprint density at radius 2 is 2.47 bits per heavy atom. The summed E-state index contributed by atoms with van der Waals surface area (Å²) in [6, 6.07) is 0. The zero-order valence-electron chi connectivity index (χ0n) is 9.33. The normalized spacial score (nSPS) is 21.1. The van der Waals surface area contributed by atoms with E-state index in [-0.39, 0.29) is 0 Å². The quantitative estimate of drug-likeness (QED) is 0.575. The molecule has 1 heterocycles. The average molecular weight is 270 g/mol. The Kier molecular flexibility index (Phi) is 4.22. The van der Waals surface area contributed by atoms with Gasteiger partial charge in [0, 0.05) is 5.38 Å². The number of aliphatic hydroxyl groups is 2. The molecule has 6 heteroatoms. The van der Waals surface area contributed by atoms with Crippen molar-refractivity contribution in [2.75, 3.05) is 11.6 Å². The molecule has 0 bridgehead atoms. The predicted octanol–water partition coefficient (Wildman–Crippen LogP) is 1.84. The van der Waals surface area contributed by atoms with E-state index in [1.807, 2.05) is 23.8 Å². The minimum atomic E-state index is -0.831. The highest BCUT2D eigenvalue weighted by molar-refractivity contribution is 7.98. The van der Waals surface area contributed by atoms with Crippen LogP contribution in [0.3, 0.4) is 0 Å². The van der Waals surface area contributed by atoms with Crippen LogP contribution in [0.1, 0.15) is 6.42 Å². The fraction of sp³-hybridized carbons (Fsp3) is 0.364. The number of nitrogens with one attached hydrogen (secondary N) is 1. The maximum absolute atomic E-state index is 9.95. The van der Waals surface area contributed by atoms with Gasteiger partial charge in [-0.05, 0) is 24.3 Å². The van der Waals surface area contributed by atoms with Gasteiger partial charge in [0.1, 0.15) is 5.03 Å². The number of anilines is 1. The standard InChI is InChI=1S/C11H14N2O2S2/c1-16-9-6-17-11(12-9)13-10(15)7-3-2-4-8(14)5-7/h2-3,5-6,8,10,14-15H,4H2,1H3,(H,12,13). The Morgan fingerprint density at radius 3 is 3.12 bits per heavy atom. The fourth-order valence-electron chi connectivity index (χ4n) is 1.49. The SMILES string of the molecule is CSc1csc(NC(O)C2=CC(O)CC=C2)n1. The van der Waals surface area contributed by atoms with Gasteiger partial charge < -0.3 is 15.5 Å². The molecule has 0 saturated heterocycles. The number of hydrogen-bond donors (Lipinski definition) is 3. The maximum atomic E-state index is 9.95. The lowest BCUT2D eigenvalue weighted by Gasteiger charge is -2.17. The van der Waals surface area contributed by atoms with E-state index >= 15 is 0 Å². The molecule has 2 rings (SSSR count). The van der Waals surface area contributed by atoms with Crippen LogP contribution < -0.4 is 5.32 Å². The first-order valence-electron chi connectivity index (χ1n) is 5.19. The number of aliphatic hydroxyl groups excluding tert-OH is 2. The van der Waals surface area contributed by atoms with Gasteiger partial charge in [-0.1, -0.05) is 12.2 Å². The van der Waals surface area contributed by atoms with Crippen LogP contribution in [-0.4, -0.2) is 33.8 Å². The van der Waals surface area contributed by atoms with Gasteiger partial charge in [-0.2, -0.15) is 0 Å². The number of aromatic nitrogens is 1. The van der Waals surface area contributed by atoms with E-state index < -0.39 is 12.3 Å². The average Bonchev–Trinajstić information content (AvgIpc) is 2.77. The Hall–Kier alpha value is -0.820. The first-order chi connectivity index (χ1) is 8.19. The summed E-state index contributed by atoms with van der Waals surface area (Å²) in [5, 5.41) is 25.8. The molecule has 0 saturated carbocycles. The summed E-state index contributed by atoms with van der Waals surface area (Å²) in [4.78, 5) is 4.28. The number of hydrogen-bond acceptors (Lipinski definition) is 6. The molecule has 1 aliphatic rings. The van der Waals surface area contributed by atoms with Gasteiger partial charge in [0.05, 0.1) is 6.10 Å². The van der Waals surface area contributed by atoms with Crippen molar-refractivity contribution in [1.29, 1.82) is 0 Å². The van der Waals surface area contributed by atoms with Crippen molar-refractivity contribution in [2.45, 2.75) is 23.8 Å². The molecule has 17 heavy (non-hydrogen) atoms. The zero-order chi connectivity index (χ0) is 12.3. The molecule has 1 aromatic rings. The van der Waals surface area contributed by atoms with Crippen molar-refractivity contribution < 1.29 is 10.2 Å². The van der Waals surface area contributed by atoms with E-state index in [9.17, 15) is 10.2 Å². The summed E-state index contributed by atoms with van der Waals surface area (Å²) in [5.74, 6) is 0. The van der Waals surface area contributed by atoms with Crippen molar-refractivity contribution >= 4 is 28.2 Å². The van der Waals surface area contributed by atoms with E-state index in [2.05, 4.69) is 10.3 Å². The van der Waals surface area contributed by atoms with Crippen molar-refractivity contribution in [3.8, 4) is 0 Å². The van der Waals surface area contributed by atoms with Crippen LogP contribution in [0, 0.1) is 0 Å². The van der Waals surface area contributed by atoms with Gasteiger partial charge in [-0.15, -0.1) is 23.1 Å². The highest BCUT2D eigenvalue weighted by atomic mass is 32.2. The topological polar surface area (TPSA) is 65.4 Å². The first-order valence-corrected chi connectivity index (χ1v) is 7.30. The highest BCUT2D eigenvalue weighted by Gasteiger charge is 2.14. The minimum absolute atomic E-state index is 0.510. The van der Waals surface area contributed by atoms with Crippen molar-refractivity contribution in [3.63, 3.8) is 0 Å². The molecular formula is C11H14N2O2S2. The number of rotatable bonds is 4. The molecule has 3 N–H and O–H groups in total. The molecule has 0 aliphatic heterocycles. The Labute approximate surface area is 108 Å². The van der Waals surface area contributed by atoms with Crippen LogP contribution in [0.15, 0.2) is 34.2 Å². The van der Waals surface area contributed by atoms with E-state index in [0.29, 0.717) is 17.1 Å². The van der Waals surface area contributed by atoms with Crippen LogP contribution in [0.4, 0.5) is 5.13 Å². The molecule has 92 valence electrons. The number of nitrogens with zero attached hydrogens (tertiary/aromatic N) is 1. The monoisotopic (exact) mass is 270 g/mol. The van der Waals surface area contributed by atoms with Gasteiger partial charge in [0.25, 0.3) is 0 Å². The molecule has 0 fully saturated rings. The first kappa shape index (κ1) is 12.6. The zero-order valence-corrected chi connectivity index (χ0v) is 11.0. The van der Waals surface area contributed by atoms with E-state index in [1.165, 1.54) is 11.3 Å². The summed E-state index contributed by atoms with van der Waals surface area (Å²) in [5.41, 5.74) is 0.671. The van der Waals surface area contributed by atoms with Gasteiger partial charge >= 0.3 is 0 Å². The largest absolute Gasteiger partial charge is 0.389 e. The molecule has 0 amide bonds. The molecule has 2 unspecified atom stereocenters. The third kappa shape index (κ3) is 3.32. The number of thioether (sulfide) groups is 1. The summed E-state index contributed by atoms with van der Waals surface area (Å²) in [7, 11) is 0. The summed E-state index contributed by atoms with van der Waals surface area (Å²) in [6.45, 7) is 0. The van der Waals surface area contributed by atoms with Gasteiger partial charge in [0.15, 0.2) is 11.4 Å². The minimum Gasteiger partial charge on any atom is -0.389 e. The van der Waals surface area contributed by atoms with Crippen LogP contribution >= 0.6 is 23.1 Å². The van der Waals surface area contributed by atoms with Crippen LogP contribution in [0.25, 0.3) is 0 Å². The van der Waals surface area contributed by atoms with E-state index in [4.69, 9.17) is 0 Å². The maximum Gasteiger partial charge on any atom is 0.185 e. The summed E-state index contributed by atoms with van der Waals surface area (Å²) >= 11 is 3.01. The number of thiazole rings is 1. The summed E-state index contributed by atoms with van der Waals surface area (Å²) < 4.78 is 0. The second-order valence-corrected chi connectivity index (χ2v) is 5.30. The Bertz CT molecular complexity index is 442. The van der Waals surface area contributed by atoms with E-state index in [1.54, 1.807) is 17.8 Å². The van der Waals surface area contributed by atoms with Gasteiger partial charge in [0.2, 0.25) is 0 Å². The van der Waals surface area contributed by atoms with Crippen molar-refractivity contribution in [2.24, 2.45) is 0 Å². The molecular weight excluding hydrogens is 256 g/mol. The van der Waals surface area contributed by atoms with E-state index in [0.717, 1.165) is 5.03 Å². The fourth-order valence-corrected chi connectivity index (χ4v) is 2.86. The summed E-state index contributed by atoms with van der Waals surface area (Å²) in [6.07, 6.45) is 6.53. The van der Waals surface area contributed by atoms with Gasteiger partial charge in [-0.25, -0.2) is 4.98 Å². The molecule has 1 aromatic heterocycles. The molecule has 0 aromatic carbocycles. The molecule has 0 spiro atoms. The third-order valence-corrected chi connectivity index (χ3v) is 3.89. The van der Waals surface area contributed by atoms with Crippen LogP contribution in [0.2, 0.25) is 0 Å². The Balaban J connectivity index is 2.01.